The lowest BCUT2D eigenvalue weighted by atomic mass is 10.2. The van der Waals surface area contributed by atoms with Gasteiger partial charge in [-0.2, -0.15) is 4.72 Å². The van der Waals surface area contributed by atoms with Crippen LogP contribution in [0, 0.1) is 0 Å². The first kappa shape index (κ1) is 20.2. The molecule has 8 nitrogen and oxygen atoms in total. The third-order valence-corrected chi connectivity index (χ3v) is 5.90. The second kappa shape index (κ2) is 8.26. The van der Waals surface area contributed by atoms with Crippen molar-refractivity contribution in [1.82, 2.24) is 10.0 Å². The van der Waals surface area contributed by atoms with E-state index in [0.717, 1.165) is 5.56 Å². The Labute approximate surface area is 167 Å². The molecule has 1 aliphatic rings. The van der Waals surface area contributed by atoms with Crippen molar-refractivity contribution >= 4 is 27.5 Å². The van der Waals surface area contributed by atoms with Gasteiger partial charge in [-0.05, 0) is 42.8 Å². The Kier molecular flexibility index (Phi) is 5.97. The summed E-state index contributed by atoms with van der Waals surface area (Å²) < 4.78 is 42.8. The molecular weight excluding hydrogens is 408 g/mol. The average Bonchev–Trinajstić information content (AvgIpc) is 3.13. The number of fused-ring (bicyclic) bond motifs is 1. The molecule has 0 fully saturated rings. The van der Waals surface area contributed by atoms with Crippen LogP contribution in [0.1, 0.15) is 12.5 Å². The Morgan fingerprint density at radius 3 is 2.68 bits per heavy atom. The van der Waals surface area contributed by atoms with Crippen LogP contribution < -0.4 is 24.2 Å². The van der Waals surface area contributed by atoms with E-state index >= 15 is 0 Å². The van der Waals surface area contributed by atoms with E-state index in [1.54, 1.807) is 18.2 Å². The van der Waals surface area contributed by atoms with Crippen LogP contribution in [0.2, 0.25) is 5.02 Å². The number of ether oxygens (including phenoxy) is 3. The summed E-state index contributed by atoms with van der Waals surface area (Å²) >= 11 is 5.98. The number of halogens is 1. The van der Waals surface area contributed by atoms with Crippen molar-refractivity contribution in [2.75, 3.05) is 13.9 Å². The Hall–Kier alpha value is -2.49. The third kappa shape index (κ3) is 4.49. The van der Waals surface area contributed by atoms with E-state index in [-0.39, 0.29) is 23.3 Å². The first-order valence-electron chi connectivity index (χ1n) is 8.32. The molecular formula is C18H19ClN2O6S. The van der Waals surface area contributed by atoms with Crippen molar-refractivity contribution in [2.45, 2.75) is 24.4 Å². The van der Waals surface area contributed by atoms with E-state index in [1.807, 2.05) is 0 Å². The van der Waals surface area contributed by atoms with Crippen molar-refractivity contribution in [3.63, 3.8) is 0 Å². The molecule has 10 heteroatoms. The fourth-order valence-corrected chi connectivity index (χ4v) is 4.11. The Balaban J connectivity index is 1.60. The number of benzene rings is 2. The van der Waals surface area contributed by atoms with Crippen LogP contribution in [0.15, 0.2) is 41.3 Å². The summed E-state index contributed by atoms with van der Waals surface area (Å²) in [5, 5.41) is 2.84. The van der Waals surface area contributed by atoms with Gasteiger partial charge in [-0.25, -0.2) is 8.42 Å². The van der Waals surface area contributed by atoms with Crippen molar-refractivity contribution < 1.29 is 27.4 Å². The van der Waals surface area contributed by atoms with Gasteiger partial charge in [0.25, 0.3) is 0 Å². The maximum Gasteiger partial charge on any atom is 0.241 e. The van der Waals surface area contributed by atoms with Crippen LogP contribution in [0.5, 0.6) is 17.2 Å². The molecule has 0 radical (unpaired) electrons. The number of nitrogens with one attached hydrogen (secondary N) is 2. The number of carbonyl (C=O) groups is 1. The van der Waals surface area contributed by atoms with Gasteiger partial charge in [-0.3, -0.25) is 4.79 Å². The minimum Gasteiger partial charge on any atom is -0.495 e. The van der Waals surface area contributed by atoms with Gasteiger partial charge in [0.2, 0.25) is 22.7 Å². The molecule has 150 valence electrons. The highest BCUT2D eigenvalue weighted by molar-refractivity contribution is 7.89. The standard InChI is InChI=1S/C18H19ClN2O6S/c1-11(21-28(23,24)13-4-6-15(25-2)14(19)8-13)18(22)20-9-12-3-5-16-17(7-12)27-10-26-16/h3-8,11,21H,9-10H2,1-2H3,(H,20,22). The lowest BCUT2D eigenvalue weighted by Crippen LogP contribution is -2.44. The quantitative estimate of drug-likeness (QED) is 0.702. The molecule has 3 rings (SSSR count). The van der Waals surface area contributed by atoms with Gasteiger partial charge in [0.15, 0.2) is 11.5 Å². The molecule has 1 unspecified atom stereocenters. The topological polar surface area (TPSA) is 103 Å². The highest BCUT2D eigenvalue weighted by Crippen LogP contribution is 2.32. The molecule has 1 amide bonds. The number of hydrogen-bond acceptors (Lipinski definition) is 6. The Bertz CT molecular complexity index is 996. The number of carbonyl (C=O) groups excluding carboxylic acids is 1. The van der Waals surface area contributed by atoms with E-state index in [4.69, 9.17) is 25.8 Å². The van der Waals surface area contributed by atoms with E-state index < -0.39 is 22.0 Å². The smallest absolute Gasteiger partial charge is 0.241 e. The number of sulfonamides is 1. The lowest BCUT2D eigenvalue weighted by Gasteiger charge is -2.15. The predicted octanol–water partition coefficient (Wildman–Crippen LogP) is 2.06. The van der Waals surface area contributed by atoms with Crippen LogP contribution >= 0.6 is 11.6 Å². The van der Waals surface area contributed by atoms with Crippen molar-refractivity contribution in [1.29, 1.82) is 0 Å². The molecule has 1 heterocycles. The summed E-state index contributed by atoms with van der Waals surface area (Å²) in [6, 6.07) is 8.38. The normalized spacial score (nSPS) is 13.8. The van der Waals surface area contributed by atoms with Crippen LogP contribution in [-0.4, -0.2) is 34.3 Å². The Morgan fingerprint density at radius 1 is 1.21 bits per heavy atom. The number of amides is 1. The zero-order chi connectivity index (χ0) is 20.3. The SMILES string of the molecule is COc1ccc(S(=O)(=O)NC(C)C(=O)NCc2ccc3c(c2)OCO3)cc1Cl. The lowest BCUT2D eigenvalue weighted by molar-refractivity contribution is -0.122. The van der Waals surface area contributed by atoms with E-state index in [0.29, 0.717) is 17.2 Å². The summed E-state index contributed by atoms with van der Waals surface area (Å²) in [6.07, 6.45) is 0. The van der Waals surface area contributed by atoms with Gasteiger partial charge < -0.3 is 19.5 Å². The zero-order valence-electron chi connectivity index (χ0n) is 15.2. The summed E-state index contributed by atoms with van der Waals surface area (Å²) in [7, 11) is -2.50. The molecule has 2 aromatic rings. The van der Waals surface area contributed by atoms with E-state index in [1.165, 1.54) is 32.2 Å². The van der Waals surface area contributed by atoms with Crippen LogP contribution in [0.25, 0.3) is 0 Å². The molecule has 0 saturated carbocycles. The zero-order valence-corrected chi connectivity index (χ0v) is 16.8. The van der Waals surface area contributed by atoms with E-state index in [2.05, 4.69) is 10.0 Å². The Morgan fingerprint density at radius 2 is 1.96 bits per heavy atom. The molecule has 2 N–H and O–H groups in total. The summed E-state index contributed by atoms with van der Waals surface area (Å²) in [4.78, 5) is 12.2. The second-order valence-corrected chi connectivity index (χ2v) is 8.17. The molecule has 28 heavy (non-hydrogen) atoms. The average molecular weight is 427 g/mol. The summed E-state index contributed by atoms with van der Waals surface area (Å²) in [6.45, 7) is 1.84. The summed E-state index contributed by atoms with van der Waals surface area (Å²) in [5.74, 6) is 1.14. The monoisotopic (exact) mass is 426 g/mol. The third-order valence-electron chi connectivity index (χ3n) is 4.06. The minimum absolute atomic E-state index is 0.0614. The molecule has 0 bridgehead atoms. The van der Waals surface area contributed by atoms with Crippen LogP contribution in [-0.2, 0) is 21.4 Å². The molecule has 0 aromatic heterocycles. The van der Waals surface area contributed by atoms with Crippen LogP contribution in [0.3, 0.4) is 0 Å². The minimum atomic E-state index is -3.93. The van der Waals surface area contributed by atoms with Crippen molar-refractivity contribution in [3.8, 4) is 17.2 Å². The molecule has 2 aromatic carbocycles. The second-order valence-electron chi connectivity index (χ2n) is 6.04. The van der Waals surface area contributed by atoms with Gasteiger partial charge >= 0.3 is 0 Å². The fourth-order valence-electron chi connectivity index (χ4n) is 2.56. The van der Waals surface area contributed by atoms with Gasteiger partial charge in [0.05, 0.1) is 23.1 Å². The molecule has 1 atom stereocenters. The molecule has 0 spiro atoms. The molecule has 1 aliphatic heterocycles. The number of methoxy groups -OCH3 is 1. The highest BCUT2D eigenvalue weighted by Gasteiger charge is 2.23. The largest absolute Gasteiger partial charge is 0.495 e. The fraction of sp³-hybridized carbons (Fsp3) is 0.278. The van der Waals surface area contributed by atoms with Gasteiger partial charge in [0, 0.05) is 6.54 Å². The first-order chi connectivity index (χ1) is 13.3. The van der Waals surface area contributed by atoms with Crippen molar-refractivity contribution in [3.05, 3.63) is 47.0 Å². The van der Waals surface area contributed by atoms with Crippen LogP contribution in [0.4, 0.5) is 0 Å². The predicted molar refractivity (Wildman–Crippen MR) is 102 cm³/mol. The number of rotatable bonds is 7. The van der Waals surface area contributed by atoms with Gasteiger partial charge in [-0.1, -0.05) is 17.7 Å². The maximum absolute atomic E-state index is 12.5. The van der Waals surface area contributed by atoms with Gasteiger partial charge in [-0.15, -0.1) is 0 Å². The van der Waals surface area contributed by atoms with E-state index in [9.17, 15) is 13.2 Å². The number of hydrogen-bond donors (Lipinski definition) is 2. The molecule has 0 aliphatic carbocycles. The highest BCUT2D eigenvalue weighted by atomic mass is 35.5. The van der Waals surface area contributed by atoms with Crippen molar-refractivity contribution in [2.24, 2.45) is 0 Å². The first-order valence-corrected chi connectivity index (χ1v) is 10.2. The summed E-state index contributed by atoms with van der Waals surface area (Å²) in [5.41, 5.74) is 0.801. The maximum atomic E-state index is 12.5. The van der Waals surface area contributed by atoms with Gasteiger partial charge in [0.1, 0.15) is 5.75 Å². The molecule has 0 saturated heterocycles.